The maximum atomic E-state index is 13.5. The normalized spacial score (nSPS) is 18.5. The number of anilines is 1. The number of aryl methyl sites for hydroxylation is 2. The van der Waals surface area contributed by atoms with Crippen LogP contribution in [0.25, 0.3) is 5.76 Å². The predicted octanol–water partition coefficient (Wildman–Crippen LogP) is 6.38. The van der Waals surface area contributed by atoms with Crippen LogP contribution in [-0.4, -0.2) is 29.5 Å². The summed E-state index contributed by atoms with van der Waals surface area (Å²) in [6.45, 7) is 6.30. The Morgan fingerprint density at radius 1 is 0.947 bits per heavy atom. The van der Waals surface area contributed by atoms with Crippen LogP contribution in [-0.2, 0) is 22.4 Å². The van der Waals surface area contributed by atoms with E-state index >= 15 is 0 Å². The molecule has 1 amide bonds. The maximum Gasteiger partial charge on any atom is 0.300 e. The molecule has 38 heavy (non-hydrogen) atoms. The zero-order valence-corrected chi connectivity index (χ0v) is 22.1. The van der Waals surface area contributed by atoms with Gasteiger partial charge in [-0.05, 0) is 106 Å². The van der Waals surface area contributed by atoms with Crippen LogP contribution in [0.15, 0.2) is 72.3 Å². The van der Waals surface area contributed by atoms with Crippen LogP contribution in [0.4, 0.5) is 5.69 Å². The van der Waals surface area contributed by atoms with Crippen molar-refractivity contribution in [2.24, 2.45) is 0 Å². The van der Waals surface area contributed by atoms with Crippen molar-refractivity contribution < 1.29 is 24.2 Å². The molecule has 0 saturated carbocycles. The molecule has 0 radical (unpaired) electrons. The molecule has 1 N–H and O–H groups in total. The number of nitrogens with zero attached hydrogens (tertiary/aromatic N) is 1. The maximum absolute atomic E-state index is 13.5. The monoisotopic (exact) mass is 511 g/mol. The predicted molar refractivity (Wildman–Crippen MR) is 148 cm³/mol. The number of ether oxygens (including phenoxy) is 2. The van der Waals surface area contributed by atoms with Crippen LogP contribution >= 0.6 is 0 Å². The van der Waals surface area contributed by atoms with Gasteiger partial charge in [-0.1, -0.05) is 24.3 Å². The SMILES string of the molecule is CCOc1ccc(N2C(=O)C(=O)/C(=C(\O)c3ccc4c(c3)CCCC4)C2c2cccc(OC(C)C)c2)cc1. The fourth-order valence-electron chi connectivity index (χ4n) is 5.35. The zero-order chi connectivity index (χ0) is 26.8. The molecule has 1 unspecified atom stereocenters. The van der Waals surface area contributed by atoms with E-state index in [-0.39, 0.29) is 17.4 Å². The van der Waals surface area contributed by atoms with Crippen LogP contribution < -0.4 is 14.4 Å². The number of rotatable bonds is 7. The number of hydrogen-bond acceptors (Lipinski definition) is 5. The highest BCUT2D eigenvalue weighted by atomic mass is 16.5. The number of hydrogen-bond donors (Lipinski definition) is 1. The van der Waals surface area contributed by atoms with Crippen molar-refractivity contribution in [2.45, 2.75) is 58.6 Å². The van der Waals surface area contributed by atoms with Gasteiger partial charge in [-0.3, -0.25) is 14.5 Å². The molecule has 0 bridgehead atoms. The van der Waals surface area contributed by atoms with Gasteiger partial charge in [0.15, 0.2) is 0 Å². The van der Waals surface area contributed by atoms with E-state index in [1.54, 1.807) is 24.3 Å². The third kappa shape index (κ3) is 4.91. The summed E-state index contributed by atoms with van der Waals surface area (Å²) in [5.41, 5.74) is 4.30. The van der Waals surface area contributed by atoms with Gasteiger partial charge in [0.25, 0.3) is 11.7 Å². The highest BCUT2D eigenvalue weighted by Gasteiger charge is 2.47. The van der Waals surface area contributed by atoms with Crippen molar-refractivity contribution in [3.8, 4) is 11.5 Å². The Labute approximate surface area is 223 Å². The third-order valence-corrected chi connectivity index (χ3v) is 7.04. The number of Topliss-reactive ketones (excluding diaryl/α,β-unsaturated/α-hetero) is 1. The van der Waals surface area contributed by atoms with Crippen molar-refractivity contribution in [3.05, 3.63) is 94.6 Å². The van der Waals surface area contributed by atoms with E-state index in [0.717, 1.165) is 25.7 Å². The minimum atomic E-state index is -0.820. The summed E-state index contributed by atoms with van der Waals surface area (Å²) in [4.78, 5) is 28.5. The number of aliphatic hydroxyl groups is 1. The summed E-state index contributed by atoms with van der Waals surface area (Å²) < 4.78 is 11.5. The second-order valence-electron chi connectivity index (χ2n) is 10.0. The van der Waals surface area contributed by atoms with Gasteiger partial charge in [-0.25, -0.2) is 0 Å². The van der Waals surface area contributed by atoms with E-state index in [1.807, 2.05) is 63.2 Å². The lowest BCUT2D eigenvalue weighted by atomic mass is 9.88. The summed E-state index contributed by atoms with van der Waals surface area (Å²) in [6, 6.07) is 19.4. The second kappa shape index (κ2) is 10.7. The van der Waals surface area contributed by atoms with E-state index in [2.05, 4.69) is 0 Å². The number of benzene rings is 3. The lowest BCUT2D eigenvalue weighted by Gasteiger charge is -2.26. The van der Waals surface area contributed by atoms with E-state index < -0.39 is 17.7 Å². The lowest BCUT2D eigenvalue weighted by molar-refractivity contribution is -0.132. The van der Waals surface area contributed by atoms with Gasteiger partial charge < -0.3 is 14.6 Å². The van der Waals surface area contributed by atoms with Gasteiger partial charge in [0.2, 0.25) is 0 Å². The Hall–Kier alpha value is -4.06. The first kappa shape index (κ1) is 25.6. The molecule has 196 valence electrons. The average molecular weight is 512 g/mol. The Bertz CT molecular complexity index is 1390. The van der Waals surface area contributed by atoms with Crippen LogP contribution in [0.3, 0.4) is 0 Å². The van der Waals surface area contributed by atoms with Crippen molar-refractivity contribution >= 4 is 23.1 Å². The number of aliphatic hydroxyl groups excluding tert-OH is 1. The van der Waals surface area contributed by atoms with Gasteiger partial charge in [-0.2, -0.15) is 0 Å². The van der Waals surface area contributed by atoms with Gasteiger partial charge in [0.1, 0.15) is 17.3 Å². The zero-order valence-electron chi connectivity index (χ0n) is 22.1. The molecule has 1 heterocycles. The van der Waals surface area contributed by atoms with Crippen molar-refractivity contribution in [2.75, 3.05) is 11.5 Å². The molecule has 1 saturated heterocycles. The average Bonchev–Trinajstić information content (AvgIpc) is 3.18. The second-order valence-corrected chi connectivity index (χ2v) is 10.0. The lowest BCUT2D eigenvalue weighted by Crippen LogP contribution is -2.29. The summed E-state index contributed by atoms with van der Waals surface area (Å²) in [5.74, 6) is -0.261. The van der Waals surface area contributed by atoms with Gasteiger partial charge in [-0.15, -0.1) is 0 Å². The van der Waals surface area contributed by atoms with E-state index in [0.29, 0.717) is 34.9 Å². The third-order valence-electron chi connectivity index (χ3n) is 7.04. The summed E-state index contributed by atoms with van der Waals surface area (Å²) >= 11 is 0. The van der Waals surface area contributed by atoms with E-state index in [9.17, 15) is 14.7 Å². The highest BCUT2D eigenvalue weighted by molar-refractivity contribution is 6.51. The summed E-state index contributed by atoms with van der Waals surface area (Å²) in [7, 11) is 0. The van der Waals surface area contributed by atoms with Crippen LogP contribution in [0.1, 0.15) is 61.9 Å². The molecule has 6 heteroatoms. The molecule has 3 aromatic carbocycles. The molecule has 5 rings (SSSR count). The number of carbonyl (C=O) groups excluding carboxylic acids is 2. The van der Waals surface area contributed by atoms with Crippen LogP contribution in [0, 0.1) is 0 Å². The first-order valence-electron chi connectivity index (χ1n) is 13.3. The minimum Gasteiger partial charge on any atom is -0.507 e. The number of carbonyl (C=O) groups is 2. The molecule has 1 atom stereocenters. The van der Waals surface area contributed by atoms with Crippen LogP contribution in [0.2, 0.25) is 0 Å². The fourth-order valence-corrected chi connectivity index (χ4v) is 5.35. The highest BCUT2D eigenvalue weighted by Crippen LogP contribution is 2.43. The van der Waals surface area contributed by atoms with Crippen molar-refractivity contribution in [1.82, 2.24) is 0 Å². The van der Waals surface area contributed by atoms with Gasteiger partial charge in [0, 0.05) is 11.3 Å². The first-order valence-corrected chi connectivity index (χ1v) is 13.3. The van der Waals surface area contributed by atoms with Gasteiger partial charge in [0.05, 0.1) is 24.3 Å². The topological polar surface area (TPSA) is 76.1 Å². The molecule has 0 spiro atoms. The molecular formula is C32H33NO5. The summed E-state index contributed by atoms with van der Waals surface area (Å²) in [5, 5.41) is 11.6. The number of fused-ring (bicyclic) bond motifs is 1. The molecule has 3 aromatic rings. The van der Waals surface area contributed by atoms with Crippen molar-refractivity contribution in [3.63, 3.8) is 0 Å². The Kier molecular flexibility index (Phi) is 7.23. The number of amides is 1. The Morgan fingerprint density at radius 2 is 1.68 bits per heavy atom. The van der Waals surface area contributed by atoms with Gasteiger partial charge >= 0.3 is 0 Å². The molecule has 2 aliphatic rings. The Morgan fingerprint density at radius 3 is 2.39 bits per heavy atom. The van der Waals surface area contributed by atoms with E-state index in [4.69, 9.17) is 9.47 Å². The Balaban J connectivity index is 1.65. The molecule has 0 aromatic heterocycles. The van der Waals surface area contributed by atoms with Crippen LogP contribution in [0.5, 0.6) is 11.5 Å². The molecule has 1 aliphatic heterocycles. The smallest absolute Gasteiger partial charge is 0.300 e. The quantitative estimate of drug-likeness (QED) is 0.226. The molecule has 1 aliphatic carbocycles. The minimum absolute atomic E-state index is 0.0433. The van der Waals surface area contributed by atoms with E-state index in [1.165, 1.54) is 16.0 Å². The van der Waals surface area contributed by atoms with Crippen molar-refractivity contribution in [1.29, 1.82) is 0 Å². The fraction of sp³-hybridized carbons (Fsp3) is 0.312. The first-order chi connectivity index (χ1) is 18.4. The molecular weight excluding hydrogens is 478 g/mol. The number of ketones is 1. The molecule has 1 fully saturated rings. The standard InChI is InChI=1S/C32H33NO5/c1-4-37-26-16-14-25(15-17-26)33-29(23-10-7-11-27(19-23)38-20(2)3)28(31(35)32(33)36)30(34)24-13-12-21-8-5-6-9-22(21)18-24/h7,10-20,29,34H,4-6,8-9H2,1-3H3/b30-28-. The largest absolute Gasteiger partial charge is 0.507 e. The summed E-state index contributed by atoms with van der Waals surface area (Å²) in [6.07, 6.45) is 4.16. The molecule has 6 nitrogen and oxygen atoms in total.